The summed E-state index contributed by atoms with van der Waals surface area (Å²) in [5.74, 6) is -1.31. The van der Waals surface area contributed by atoms with Crippen LogP contribution in [0, 0.1) is 0 Å². The number of fused-ring (bicyclic) bond motifs is 1. The van der Waals surface area contributed by atoms with Gasteiger partial charge in [-0.25, -0.2) is 4.79 Å². The molecule has 0 aliphatic heterocycles. The lowest BCUT2D eigenvalue weighted by Gasteiger charge is -2.20. The highest BCUT2D eigenvalue weighted by Gasteiger charge is 2.22. The van der Waals surface area contributed by atoms with Gasteiger partial charge in [-0.1, -0.05) is 40.9 Å². The second kappa shape index (κ2) is 8.38. The van der Waals surface area contributed by atoms with Crippen LogP contribution in [0.25, 0.3) is 22.2 Å². The average molecular weight is 477 g/mol. The van der Waals surface area contributed by atoms with Crippen LogP contribution in [0.15, 0.2) is 53.5 Å². The van der Waals surface area contributed by atoms with E-state index >= 15 is 0 Å². The average Bonchev–Trinajstić information content (AvgIpc) is 3.11. The van der Waals surface area contributed by atoms with E-state index in [0.717, 1.165) is 10.9 Å². The lowest BCUT2D eigenvalue weighted by atomic mass is 10.0. The van der Waals surface area contributed by atoms with Gasteiger partial charge in [0.05, 0.1) is 34.0 Å². The molecule has 0 radical (unpaired) electrons. The zero-order valence-corrected chi connectivity index (χ0v) is 18.5. The predicted octanol–water partition coefficient (Wildman–Crippen LogP) is 5.59. The molecular formula is C22H16Cl3N3O3. The Hall–Kier alpha value is -2.80. The van der Waals surface area contributed by atoms with Crippen molar-refractivity contribution in [2.75, 3.05) is 0 Å². The largest absolute Gasteiger partial charge is 0.477 e. The fourth-order valence-electron chi connectivity index (χ4n) is 3.68. The second-order valence-corrected chi connectivity index (χ2v) is 8.16. The molecule has 0 spiro atoms. The van der Waals surface area contributed by atoms with Gasteiger partial charge in [-0.3, -0.25) is 9.48 Å². The molecule has 0 saturated carbocycles. The van der Waals surface area contributed by atoms with Gasteiger partial charge in [-0.2, -0.15) is 5.10 Å². The number of pyridine rings is 1. The smallest absolute Gasteiger partial charge is 0.341 e. The van der Waals surface area contributed by atoms with Crippen LogP contribution in [0.1, 0.15) is 23.0 Å². The van der Waals surface area contributed by atoms with Crippen molar-refractivity contribution in [3.8, 4) is 11.3 Å². The Bertz CT molecular complexity index is 1390. The molecule has 158 valence electrons. The molecule has 2 heterocycles. The van der Waals surface area contributed by atoms with Gasteiger partial charge < -0.3 is 9.67 Å². The number of carboxylic acid groups (broad SMARTS) is 1. The van der Waals surface area contributed by atoms with Crippen LogP contribution in [0.2, 0.25) is 15.1 Å². The van der Waals surface area contributed by atoms with Crippen molar-refractivity contribution >= 4 is 51.7 Å². The van der Waals surface area contributed by atoms with Crippen LogP contribution < -0.4 is 5.43 Å². The monoisotopic (exact) mass is 475 g/mol. The van der Waals surface area contributed by atoms with E-state index in [2.05, 4.69) is 5.10 Å². The predicted molar refractivity (Wildman–Crippen MR) is 123 cm³/mol. The quantitative estimate of drug-likeness (QED) is 0.407. The summed E-state index contributed by atoms with van der Waals surface area (Å²) in [6.07, 6.45) is 1.70. The summed E-state index contributed by atoms with van der Waals surface area (Å²) in [6, 6.07) is 11.6. The molecule has 2 aromatic heterocycles. The van der Waals surface area contributed by atoms with E-state index in [1.54, 1.807) is 39.7 Å². The third-order valence-corrected chi connectivity index (χ3v) is 6.01. The maximum atomic E-state index is 12.8. The van der Waals surface area contributed by atoms with Gasteiger partial charge in [0, 0.05) is 34.3 Å². The van der Waals surface area contributed by atoms with Gasteiger partial charge in [0.1, 0.15) is 5.56 Å². The van der Waals surface area contributed by atoms with Crippen LogP contribution in [0.3, 0.4) is 0 Å². The number of rotatable bonds is 5. The maximum absolute atomic E-state index is 12.8. The number of nitrogens with zero attached hydrogens (tertiary/aromatic N) is 3. The topological polar surface area (TPSA) is 77.1 Å². The number of hydrogen-bond acceptors (Lipinski definition) is 3. The van der Waals surface area contributed by atoms with Crippen molar-refractivity contribution in [1.82, 2.24) is 14.3 Å². The fraction of sp³-hybridized carbons (Fsp3) is 0.136. The van der Waals surface area contributed by atoms with Crippen LogP contribution in [0.4, 0.5) is 0 Å². The van der Waals surface area contributed by atoms with Crippen LogP contribution in [-0.2, 0) is 13.1 Å². The Morgan fingerprint density at radius 3 is 2.52 bits per heavy atom. The first-order valence-corrected chi connectivity index (χ1v) is 10.5. The Balaban J connectivity index is 1.95. The highest BCUT2D eigenvalue weighted by molar-refractivity contribution is 6.42. The van der Waals surface area contributed by atoms with E-state index in [0.29, 0.717) is 27.8 Å². The van der Waals surface area contributed by atoms with Crippen molar-refractivity contribution in [2.45, 2.75) is 20.0 Å². The van der Waals surface area contributed by atoms with Crippen molar-refractivity contribution in [2.24, 2.45) is 0 Å². The van der Waals surface area contributed by atoms with Gasteiger partial charge in [0.25, 0.3) is 0 Å². The highest BCUT2D eigenvalue weighted by Crippen LogP contribution is 2.31. The van der Waals surface area contributed by atoms with Gasteiger partial charge in [0.2, 0.25) is 0 Å². The molecule has 0 fully saturated rings. The van der Waals surface area contributed by atoms with Crippen LogP contribution in [-0.4, -0.2) is 25.4 Å². The SMILES string of the molecule is CCn1c(Cn2ncc3cc(Cl)ccc32)cc(=O)c(C(=O)O)c1-c1ccc(Cl)c(Cl)c1. The second-order valence-electron chi connectivity index (χ2n) is 6.91. The van der Waals surface area contributed by atoms with E-state index < -0.39 is 11.4 Å². The lowest BCUT2D eigenvalue weighted by Crippen LogP contribution is -2.24. The van der Waals surface area contributed by atoms with E-state index in [1.165, 1.54) is 6.07 Å². The maximum Gasteiger partial charge on any atom is 0.341 e. The minimum atomic E-state index is -1.31. The molecule has 0 unspecified atom stereocenters. The molecule has 0 aliphatic rings. The molecule has 0 atom stereocenters. The van der Waals surface area contributed by atoms with Crippen LogP contribution in [0.5, 0.6) is 0 Å². The number of hydrogen-bond donors (Lipinski definition) is 1. The molecule has 9 heteroatoms. The van der Waals surface area contributed by atoms with E-state index in [-0.39, 0.29) is 22.8 Å². The first kappa shape index (κ1) is 21.4. The van der Waals surface area contributed by atoms with Gasteiger partial charge in [-0.05, 0) is 37.3 Å². The summed E-state index contributed by atoms with van der Waals surface area (Å²) in [5.41, 5.74) is 1.31. The van der Waals surface area contributed by atoms with Gasteiger partial charge in [-0.15, -0.1) is 0 Å². The van der Waals surface area contributed by atoms with E-state index in [4.69, 9.17) is 34.8 Å². The number of aromatic nitrogens is 3. The normalized spacial score (nSPS) is 11.2. The number of aromatic carboxylic acids is 1. The minimum absolute atomic E-state index is 0.266. The summed E-state index contributed by atoms with van der Waals surface area (Å²) in [5, 5.41) is 16.2. The molecule has 0 bridgehead atoms. The molecule has 1 N–H and O–H groups in total. The molecule has 0 amide bonds. The zero-order chi connectivity index (χ0) is 22.3. The fourth-order valence-corrected chi connectivity index (χ4v) is 4.16. The minimum Gasteiger partial charge on any atom is -0.477 e. The number of carbonyl (C=O) groups is 1. The molecule has 0 aliphatic carbocycles. The molecule has 31 heavy (non-hydrogen) atoms. The zero-order valence-electron chi connectivity index (χ0n) is 16.3. The van der Waals surface area contributed by atoms with E-state index in [1.807, 2.05) is 19.1 Å². The molecule has 6 nitrogen and oxygen atoms in total. The third kappa shape index (κ3) is 3.94. The highest BCUT2D eigenvalue weighted by atomic mass is 35.5. The molecule has 4 aromatic rings. The Morgan fingerprint density at radius 1 is 1.06 bits per heavy atom. The van der Waals surface area contributed by atoms with Crippen molar-refractivity contribution in [3.63, 3.8) is 0 Å². The van der Waals surface area contributed by atoms with Gasteiger partial charge >= 0.3 is 5.97 Å². The Kier molecular flexibility index (Phi) is 5.79. The van der Waals surface area contributed by atoms with E-state index in [9.17, 15) is 14.7 Å². The summed E-state index contributed by atoms with van der Waals surface area (Å²) >= 11 is 18.3. The molecular weight excluding hydrogens is 461 g/mol. The third-order valence-electron chi connectivity index (χ3n) is 5.04. The molecule has 2 aromatic carbocycles. The molecule has 4 rings (SSSR count). The number of benzene rings is 2. The first-order valence-electron chi connectivity index (χ1n) is 9.36. The molecule has 0 saturated heterocycles. The van der Waals surface area contributed by atoms with Crippen molar-refractivity contribution < 1.29 is 9.90 Å². The number of halogens is 3. The number of carboxylic acids is 1. The summed E-state index contributed by atoms with van der Waals surface area (Å²) in [6.45, 7) is 2.57. The summed E-state index contributed by atoms with van der Waals surface area (Å²) < 4.78 is 3.53. The van der Waals surface area contributed by atoms with Crippen molar-refractivity contribution in [1.29, 1.82) is 0 Å². The van der Waals surface area contributed by atoms with Crippen molar-refractivity contribution in [3.05, 3.63) is 85.2 Å². The Labute approximate surface area is 192 Å². The van der Waals surface area contributed by atoms with Gasteiger partial charge in [0.15, 0.2) is 5.43 Å². The van der Waals surface area contributed by atoms with Crippen LogP contribution >= 0.6 is 34.8 Å². The summed E-state index contributed by atoms with van der Waals surface area (Å²) in [7, 11) is 0. The lowest BCUT2D eigenvalue weighted by molar-refractivity contribution is 0.0695. The first-order chi connectivity index (χ1) is 14.8. The Morgan fingerprint density at radius 2 is 1.84 bits per heavy atom. The summed E-state index contributed by atoms with van der Waals surface area (Å²) in [4.78, 5) is 24.8. The standard InChI is InChI=1S/C22H16Cl3N3O3/c1-2-27-15(11-28-18-6-4-14(23)7-13(18)10-26-28)9-19(29)20(22(30)31)21(27)12-3-5-16(24)17(25)8-12/h3-10H,2,11H2,1H3,(H,30,31).